The number of ether oxygens (including phenoxy) is 2. The Balaban J connectivity index is 1.21. The summed E-state index contributed by atoms with van der Waals surface area (Å²) in [6, 6.07) is 17.4. The van der Waals surface area contributed by atoms with Crippen LogP contribution in [0.5, 0.6) is 11.5 Å². The van der Waals surface area contributed by atoms with Gasteiger partial charge in [-0.05, 0) is 69.9 Å². The van der Waals surface area contributed by atoms with E-state index in [1.165, 1.54) is 0 Å². The lowest BCUT2D eigenvalue weighted by molar-refractivity contribution is -0.140. The highest BCUT2D eigenvalue weighted by atomic mass is 16.5. The number of primary amides is 1. The second-order valence-electron chi connectivity index (χ2n) is 15.1. The molecule has 10 heteroatoms. The third kappa shape index (κ3) is 7.57. The topological polar surface area (TPSA) is 141 Å². The standard InChI is InChI=1S/C42H50N4O6/c1-51-30-17-18-32-36(24-30)44-35(27-13-8-5-9-14-27)25-37(32)52-31-22-33-34(23-31)40(49)45-42(41(43)50)26-29(42)16-10-4-2-3-7-15-28(39(33)48)21-38(47)46-19-11-6-12-20-46/h5,8-10,13-14,16-18,24-25,28-29,31,33-34H,2-4,6-7,11-12,15,19-23,26H2,1H3,(H2,43,50)(H,45,49)/t28-,29-,31+,33?,34-,42-/m1/s1. The second kappa shape index (κ2) is 15.5. The highest BCUT2D eigenvalue weighted by Crippen LogP contribution is 2.47. The number of benzene rings is 2. The summed E-state index contributed by atoms with van der Waals surface area (Å²) >= 11 is 0. The molecule has 4 aliphatic rings. The van der Waals surface area contributed by atoms with E-state index in [2.05, 4.69) is 11.4 Å². The molecule has 3 amide bonds. The third-order valence-electron chi connectivity index (χ3n) is 11.7. The number of piperidine rings is 1. The van der Waals surface area contributed by atoms with Crippen molar-refractivity contribution in [2.75, 3.05) is 20.2 Å². The Morgan fingerprint density at radius 1 is 0.962 bits per heavy atom. The first-order valence-electron chi connectivity index (χ1n) is 19.1. The number of hydrogen-bond acceptors (Lipinski definition) is 7. The number of Topliss-reactive ketones (excluding diaryl/α,β-unsaturated/α-hetero) is 1. The summed E-state index contributed by atoms with van der Waals surface area (Å²) in [4.78, 5) is 62.2. The molecule has 1 aromatic heterocycles. The van der Waals surface area contributed by atoms with Gasteiger partial charge in [-0.25, -0.2) is 4.98 Å². The van der Waals surface area contributed by atoms with Crippen LogP contribution in [0.3, 0.4) is 0 Å². The summed E-state index contributed by atoms with van der Waals surface area (Å²) in [5.74, 6) is -1.77. The van der Waals surface area contributed by atoms with Crippen LogP contribution in [0.25, 0.3) is 22.2 Å². The van der Waals surface area contributed by atoms with Gasteiger partial charge in [0.25, 0.3) is 0 Å². The van der Waals surface area contributed by atoms with Crippen molar-refractivity contribution < 1.29 is 28.7 Å². The first-order valence-corrected chi connectivity index (χ1v) is 19.1. The minimum atomic E-state index is -1.16. The Hall–Kier alpha value is -4.73. The maximum Gasteiger partial charge on any atom is 0.243 e. The van der Waals surface area contributed by atoms with Crippen molar-refractivity contribution in [3.63, 3.8) is 0 Å². The zero-order valence-corrected chi connectivity index (χ0v) is 30.1. The van der Waals surface area contributed by atoms with Gasteiger partial charge in [-0.15, -0.1) is 0 Å². The molecule has 3 N–H and O–H groups in total. The van der Waals surface area contributed by atoms with Crippen LogP contribution in [-0.4, -0.2) is 65.2 Å². The molecule has 0 bridgehead atoms. The highest BCUT2D eigenvalue weighted by Gasteiger charge is 2.60. The van der Waals surface area contributed by atoms with Gasteiger partial charge in [0.2, 0.25) is 17.7 Å². The van der Waals surface area contributed by atoms with Gasteiger partial charge in [0.1, 0.15) is 28.9 Å². The SMILES string of the molecule is COc1ccc2c(O[C@H]3CC4C(=O)[C@@H](CC(=O)N5CCCCC5)CCCCCC=C[C@@H]5C[C@@]5(C(N)=O)NC(=O)[C@@H]4C3)cc(-c3ccccc3)nc2c1. The van der Waals surface area contributed by atoms with Crippen molar-refractivity contribution >= 4 is 34.4 Å². The predicted octanol–water partition coefficient (Wildman–Crippen LogP) is 6.15. The van der Waals surface area contributed by atoms with E-state index in [0.717, 1.165) is 74.7 Å². The van der Waals surface area contributed by atoms with Crippen LogP contribution >= 0.6 is 0 Å². The lowest BCUT2D eigenvalue weighted by Gasteiger charge is -2.29. The van der Waals surface area contributed by atoms with Crippen LogP contribution in [0.1, 0.15) is 77.0 Å². The summed E-state index contributed by atoms with van der Waals surface area (Å²) in [5, 5.41) is 3.81. The smallest absolute Gasteiger partial charge is 0.243 e. The number of carbonyl (C=O) groups excluding carboxylic acids is 4. The zero-order valence-electron chi connectivity index (χ0n) is 30.1. The molecule has 2 aliphatic carbocycles. The van der Waals surface area contributed by atoms with Crippen molar-refractivity contribution in [3.8, 4) is 22.8 Å². The summed E-state index contributed by atoms with van der Waals surface area (Å²) < 4.78 is 12.3. The molecule has 0 radical (unpaired) electrons. The van der Waals surface area contributed by atoms with Crippen LogP contribution in [0, 0.1) is 23.7 Å². The molecule has 3 aromatic rings. The fourth-order valence-corrected chi connectivity index (χ4v) is 8.57. The van der Waals surface area contributed by atoms with Gasteiger partial charge in [-0.2, -0.15) is 0 Å². The number of carbonyl (C=O) groups is 4. The Labute approximate surface area is 305 Å². The number of aromatic nitrogens is 1. The van der Waals surface area contributed by atoms with E-state index in [4.69, 9.17) is 20.2 Å². The van der Waals surface area contributed by atoms with E-state index < -0.39 is 35.3 Å². The van der Waals surface area contributed by atoms with Crippen molar-refractivity contribution in [2.45, 2.75) is 88.7 Å². The number of methoxy groups -OCH3 is 1. The number of fused-ring (bicyclic) bond motifs is 3. The molecule has 52 heavy (non-hydrogen) atoms. The molecule has 274 valence electrons. The van der Waals surface area contributed by atoms with Crippen molar-refractivity contribution in [3.05, 3.63) is 66.7 Å². The maximum atomic E-state index is 14.7. The molecule has 0 spiro atoms. The number of nitrogens with one attached hydrogen (secondary N) is 1. The van der Waals surface area contributed by atoms with E-state index in [1.807, 2.05) is 65.6 Å². The van der Waals surface area contributed by atoms with Gasteiger partial charge in [-0.1, -0.05) is 55.3 Å². The van der Waals surface area contributed by atoms with Gasteiger partial charge in [0.15, 0.2) is 0 Å². The number of hydrogen-bond donors (Lipinski definition) is 2. The minimum Gasteiger partial charge on any atom is -0.497 e. The fourth-order valence-electron chi connectivity index (χ4n) is 8.57. The lowest BCUT2D eigenvalue weighted by atomic mass is 9.80. The van der Waals surface area contributed by atoms with E-state index in [9.17, 15) is 19.2 Å². The van der Waals surface area contributed by atoms with E-state index >= 15 is 0 Å². The Morgan fingerprint density at radius 3 is 2.50 bits per heavy atom. The molecular formula is C42H50N4O6. The molecule has 3 heterocycles. The number of likely N-dealkylation sites (tertiary alicyclic amines) is 1. The number of amides is 3. The first-order chi connectivity index (χ1) is 25.3. The molecule has 2 saturated carbocycles. The third-order valence-corrected chi connectivity index (χ3v) is 11.7. The molecule has 3 fully saturated rings. The minimum absolute atomic E-state index is 0.0197. The normalized spacial score (nSPS) is 28.2. The molecule has 1 saturated heterocycles. The first kappa shape index (κ1) is 35.7. The number of allylic oxidation sites excluding steroid dienone is 1. The van der Waals surface area contributed by atoms with Gasteiger partial charge in [0.05, 0.1) is 24.2 Å². The van der Waals surface area contributed by atoms with Crippen LogP contribution < -0.4 is 20.5 Å². The van der Waals surface area contributed by atoms with Gasteiger partial charge < -0.3 is 25.4 Å². The highest BCUT2D eigenvalue weighted by molar-refractivity contribution is 5.98. The molecule has 1 unspecified atom stereocenters. The van der Waals surface area contributed by atoms with Gasteiger partial charge >= 0.3 is 0 Å². The Kier molecular flexibility index (Phi) is 10.6. The van der Waals surface area contributed by atoms with Crippen molar-refractivity contribution in [2.24, 2.45) is 29.4 Å². The largest absolute Gasteiger partial charge is 0.497 e. The van der Waals surface area contributed by atoms with Crippen LogP contribution in [-0.2, 0) is 19.2 Å². The maximum absolute atomic E-state index is 14.7. The van der Waals surface area contributed by atoms with Crippen LogP contribution in [0.2, 0.25) is 0 Å². The average Bonchev–Trinajstić information content (AvgIpc) is 3.70. The summed E-state index contributed by atoms with van der Waals surface area (Å²) in [5.41, 5.74) is 7.10. The van der Waals surface area contributed by atoms with E-state index in [0.29, 0.717) is 36.3 Å². The molecule has 6 atom stereocenters. The van der Waals surface area contributed by atoms with Gasteiger partial charge in [0, 0.05) is 60.3 Å². The van der Waals surface area contributed by atoms with Crippen molar-refractivity contribution in [1.29, 1.82) is 0 Å². The second-order valence-corrected chi connectivity index (χ2v) is 15.1. The predicted molar refractivity (Wildman–Crippen MR) is 198 cm³/mol. The number of rotatable bonds is 7. The Morgan fingerprint density at radius 2 is 1.73 bits per heavy atom. The van der Waals surface area contributed by atoms with Crippen LogP contribution in [0.4, 0.5) is 0 Å². The number of nitrogens with zero attached hydrogens (tertiary/aromatic N) is 2. The van der Waals surface area contributed by atoms with E-state index in [-0.39, 0.29) is 36.4 Å². The summed E-state index contributed by atoms with van der Waals surface area (Å²) in [6.45, 7) is 1.45. The Bertz CT molecular complexity index is 1840. The number of ketones is 1. The molecule has 2 aliphatic heterocycles. The van der Waals surface area contributed by atoms with Crippen molar-refractivity contribution in [1.82, 2.24) is 15.2 Å². The molecule has 7 rings (SSSR count). The summed E-state index contributed by atoms with van der Waals surface area (Å²) in [6.07, 6.45) is 12.0. The lowest BCUT2D eigenvalue weighted by Crippen LogP contribution is -2.51. The zero-order chi connectivity index (χ0) is 36.2. The van der Waals surface area contributed by atoms with Crippen LogP contribution in [0.15, 0.2) is 66.7 Å². The average molecular weight is 707 g/mol. The quantitative estimate of drug-likeness (QED) is 0.281. The summed E-state index contributed by atoms with van der Waals surface area (Å²) in [7, 11) is 1.61. The van der Waals surface area contributed by atoms with E-state index in [1.54, 1.807) is 7.11 Å². The number of nitrogens with two attached hydrogens (primary N) is 1. The monoisotopic (exact) mass is 706 g/mol. The molecular weight excluding hydrogens is 656 g/mol. The fraction of sp³-hybridized carbons (Fsp3) is 0.500. The molecule has 10 nitrogen and oxygen atoms in total. The van der Waals surface area contributed by atoms with Gasteiger partial charge in [-0.3, -0.25) is 19.2 Å². The molecule has 2 aromatic carbocycles. The number of pyridine rings is 1.